The maximum absolute atomic E-state index is 12.9. The van der Waals surface area contributed by atoms with E-state index in [1.54, 1.807) is 42.6 Å². The van der Waals surface area contributed by atoms with Crippen molar-refractivity contribution in [2.75, 3.05) is 5.32 Å². The Morgan fingerprint density at radius 2 is 1.74 bits per heavy atom. The molecule has 3 N–H and O–H groups in total. The topological polar surface area (TPSA) is 108 Å². The number of hydrogen-bond donors (Lipinski definition) is 3. The Morgan fingerprint density at radius 3 is 2.52 bits per heavy atom. The van der Waals surface area contributed by atoms with Crippen molar-refractivity contribution in [1.82, 2.24) is 15.0 Å². The molecule has 2 heterocycles. The van der Waals surface area contributed by atoms with Gasteiger partial charge in [-0.1, -0.05) is 36.4 Å². The number of aromatic amines is 1. The molecule has 0 saturated heterocycles. The van der Waals surface area contributed by atoms with Crippen LogP contribution in [0.5, 0.6) is 0 Å². The molecule has 0 atom stereocenters. The SMILES string of the molecule is O=C(O)c1cccc(Nc2ncnc3[nH]cc(C(=O)c4ccccc4)c23)c1. The normalized spacial score (nSPS) is 10.7. The van der Waals surface area contributed by atoms with E-state index in [0.717, 1.165) is 0 Å². The highest BCUT2D eigenvalue weighted by Gasteiger charge is 2.18. The first-order chi connectivity index (χ1) is 13.1. The average Bonchev–Trinajstić information content (AvgIpc) is 3.13. The Bertz CT molecular complexity index is 1150. The van der Waals surface area contributed by atoms with Crippen LogP contribution in [0.25, 0.3) is 11.0 Å². The number of H-pyrrole nitrogens is 1. The van der Waals surface area contributed by atoms with E-state index in [1.807, 2.05) is 6.07 Å². The first-order valence-electron chi connectivity index (χ1n) is 8.15. The van der Waals surface area contributed by atoms with Crippen LogP contribution in [0.3, 0.4) is 0 Å². The van der Waals surface area contributed by atoms with Crippen LogP contribution in [-0.4, -0.2) is 31.8 Å². The summed E-state index contributed by atoms with van der Waals surface area (Å²) in [4.78, 5) is 35.5. The number of carboxylic acid groups (broad SMARTS) is 1. The summed E-state index contributed by atoms with van der Waals surface area (Å²) in [7, 11) is 0. The second-order valence-corrected chi connectivity index (χ2v) is 5.85. The van der Waals surface area contributed by atoms with Gasteiger partial charge in [0.25, 0.3) is 0 Å². The second-order valence-electron chi connectivity index (χ2n) is 5.85. The van der Waals surface area contributed by atoms with Crippen molar-refractivity contribution in [1.29, 1.82) is 0 Å². The lowest BCUT2D eigenvalue weighted by atomic mass is 10.0. The Labute approximate surface area is 153 Å². The predicted octanol–water partition coefficient (Wildman–Crippen LogP) is 3.63. The maximum atomic E-state index is 12.9. The number of benzene rings is 2. The molecule has 0 aliphatic heterocycles. The quantitative estimate of drug-likeness (QED) is 0.470. The lowest BCUT2D eigenvalue weighted by Gasteiger charge is -2.08. The Hall–Kier alpha value is -4.00. The molecule has 7 heteroatoms. The van der Waals surface area contributed by atoms with Crippen molar-refractivity contribution in [2.24, 2.45) is 0 Å². The zero-order chi connectivity index (χ0) is 18.8. The minimum absolute atomic E-state index is 0.153. The fourth-order valence-corrected chi connectivity index (χ4v) is 2.85. The number of rotatable bonds is 5. The highest BCUT2D eigenvalue weighted by molar-refractivity contribution is 6.18. The van der Waals surface area contributed by atoms with Gasteiger partial charge in [-0.15, -0.1) is 0 Å². The Balaban J connectivity index is 1.78. The van der Waals surface area contributed by atoms with E-state index >= 15 is 0 Å². The van der Waals surface area contributed by atoms with Crippen molar-refractivity contribution in [3.63, 3.8) is 0 Å². The molecule has 4 rings (SSSR count). The number of fused-ring (bicyclic) bond motifs is 1. The number of carbonyl (C=O) groups is 2. The van der Waals surface area contributed by atoms with Gasteiger partial charge in [-0.2, -0.15) is 0 Å². The minimum Gasteiger partial charge on any atom is -0.478 e. The molecular formula is C20H14N4O3. The van der Waals surface area contributed by atoms with Gasteiger partial charge in [-0.05, 0) is 18.2 Å². The van der Waals surface area contributed by atoms with Gasteiger partial charge in [0.05, 0.1) is 16.5 Å². The average molecular weight is 358 g/mol. The van der Waals surface area contributed by atoms with Gasteiger partial charge < -0.3 is 15.4 Å². The lowest BCUT2D eigenvalue weighted by Crippen LogP contribution is -2.03. The van der Waals surface area contributed by atoms with Crippen LogP contribution in [0.15, 0.2) is 67.1 Å². The zero-order valence-corrected chi connectivity index (χ0v) is 14.0. The monoisotopic (exact) mass is 358 g/mol. The molecule has 7 nitrogen and oxygen atoms in total. The predicted molar refractivity (Wildman–Crippen MR) is 100 cm³/mol. The summed E-state index contributed by atoms with van der Waals surface area (Å²) in [5.74, 6) is -0.755. The molecule has 0 spiro atoms. The third kappa shape index (κ3) is 3.13. The van der Waals surface area contributed by atoms with Crippen molar-refractivity contribution < 1.29 is 14.7 Å². The van der Waals surface area contributed by atoms with E-state index in [2.05, 4.69) is 20.3 Å². The molecule has 132 valence electrons. The zero-order valence-electron chi connectivity index (χ0n) is 14.0. The molecule has 0 radical (unpaired) electrons. The standard InChI is InChI=1S/C20H14N4O3/c25-17(12-5-2-1-3-6-12)15-10-21-18-16(15)19(23-11-22-18)24-14-8-4-7-13(9-14)20(26)27/h1-11H,(H,26,27)(H2,21,22,23,24). The summed E-state index contributed by atoms with van der Waals surface area (Å²) in [5.41, 5.74) is 2.21. The van der Waals surface area contributed by atoms with E-state index in [-0.39, 0.29) is 11.3 Å². The first-order valence-corrected chi connectivity index (χ1v) is 8.15. The number of ketones is 1. The molecule has 2 aromatic carbocycles. The molecule has 0 aliphatic carbocycles. The summed E-state index contributed by atoms with van der Waals surface area (Å²) in [6.45, 7) is 0. The largest absolute Gasteiger partial charge is 0.478 e. The molecule has 0 aliphatic rings. The highest BCUT2D eigenvalue weighted by atomic mass is 16.4. The second kappa shape index (κ2) is 6.72. The van der Waals surface area contributed by atoms with Crippen LogP contribution in [-0.2, 0) is 0 Å². The van der Waals surface area contributed by atoms with E-state index in [4.69, 9.17) is 5.11 Å². The van der Waals surface area contributed by atoms with Gasteiger partial charge in [0, 0.05) is 17.4 Å². The lowest BCUT2D eigenvalue weighted by molar-refractivity contribution is 0.0696. The third-order valence-electron chi connectivity index (χ3n) is 4.12. The van der Waals surface area contributed by atoms with Gasteiger partial charge in [-0.25, -0.2) is 14.8 Å². The fourth-order valence-electron chi connectivity index (χ4n) is 2.85. The number of aromatic carboxylic acids is 1. The van der Waals surface area contributed by atoms with E-state index in [9.17, 15) is 9.59 Å². The van der Waals surface area contributed by atoms with Gasteiger partial charge in [0.1, 0.15) is 17.8 Å². The maximum Gasteiger partial charge on any atom is 0.335 e. The number of nitrogens with zero attached hydrogens (tertiary/aromatic N) is 2. The molecule has 27 heavy (non-hydrogen) atoms. The highest BCUT2D eigenvalue weighted by Crippen LogP contribution is 2.28. The number of carboxylic acids is 1. The Kier molecular flexibility index (Phi) is 4.10. The van der Waals surface area contributed by atoms with Crippen LogP contribution in [0.2, 0.25) is 0 Å². The molecule has 0 amide bonds. The summed E-state index contributed by atoms with van der Waals surface area (Å²) in [6.07, 6.45) is 2.98. The Morgan fingerprint density at radius 1 is 0.963 bits per heavy atom. The molecular weight excluding hydrogens is 344 g/mol. The van der Waals surface area contributed by atoms with Crippen molar-refractivity contribution in [2.45, 2.75) is 0 Å². The van der Waals surface area contributed by atoms with Crippen LogP contribution >= 0.6 is 0 Å². The fraction of sp³-hybridized carbons (Fsp3) is 0. The van der Waals surface area contributed by atoms with E-state index in [0.29, 0.717) is 33.7 Å². The van der Waals surface area contributed by atoms with Gasteiger partial charge >= 0.3 is 5.97 Å². The number of hydrogen-bond acceptors (Lipinski definition) is 5. The summed E-state index contributed by atoms with van der Waals surface area (Å²) in [5, 5.41) is 12.8. The molecule has 4 aromatic rings. The van der Waals surface area contributed by atoms with E-state index < -0.39 is 5.97 Å². The van der Waals surface area contributed by atoms with Gasteiger partial charge in [0.15, 0.2) is 5.78 Å². The van der Waals surface area contributed by atoms with Crippen LogP contribution < -0.4 is 5.32 Å². The summed E-state index contributed by atoms with van der Waals surface area (Å²) < 4.78 is 0. The van der Waals surface area contributed by atoms with Crippen molar-refractivity contribution in [3.8, 4) is 0 Å². The number of nitrogens with one attached hydrogen (secondary N) is 2. The number of carbonyl (C=O) groups excluding carboxylic acids is 1. The summed E-state index contributed by atoms with van der Waals surface area (Å²) in [6, 6.07) is 15.3. The first kappa shape index (κ1) is 16.5. The molecule has 0 saturated carbocycles. The van der Waals surface area contributed by atoms with Gasteiger partial charge in [0.2, 0.25) is 0 Å². The van der Waals surface area contributed by atoms with Crippen molar-refractivity contribution in [3.05, 3.63) is 83.8 Å². The van der Waals surface area contributed by atoms with Crippen LogP contribution in [0.4, 0.5) is 11.5 Å². The number of aromatic nitrogens is 3. The summed E-state index contributed by atoms with van der Waals surface area (Å²) >= 11 is 0. The number of anilines is 2. The molecule has 0 unspecified atom stereocenters. The van der Waals surface area contributed by atoms with Crippen LogP contribution in [0, 0.1) is 0 Å². The smallest absolute Gasteiger partial charge is 0.335 e. The molecule has 0 bridgehead atoms. The molecule has 2 aromatic heterocycles. The van der Waals surface area contributed by atoms with E-state index in [1.165, 1.54) is 18.5 Å². The molecule has 0 fully saturated rings. The third-order valence-corrected chi connectivity index (χ3v) is 4.12. The van der Waals surface area contributed by atoms with Crippen molar-refractivity contribution >= 4 is 34.3 Å². The minimum atomic E-state index is -1.02. The van der Waals surface area contributed by atoms with Crippen LogP contribution in [0.1, 0.15) is 26.3 Å². The van der Waals surface area contributed by atoms with Gasteiger partial charge in [-0.3, -0.25) is 4.79 Å².